The summed E-state index contributed by atoms with van der Waals surface area (Å²) in [5, 5.41) is 31.9. The number of unbranched alkanes of at least 4 members (excludes halogenated alkanes) is 1. The van der Waals surface area contributed by atoms with Crippen molar-refractivity contribution in [3.63, 3.8) is 0 Å². The first-order valence-corrected chi connectivity index (χ1v) is 24.4. The summed E-state index contributed by atoms with van der Waals surface area (Å²) >= 11 is 0. The van der Waals surface area contributed by atoms with Gasteiger partial charge in [-0.2, -0.15) is 0 Å². The minimum Gasteiger partial charge on any atom is -0.494 e. The third kappa shape index (κ3) is 7.91. The summed E-state index contributed by atoms with van der Waals surface area (Å²) in [6.45, 7) is 8.58. The molecule has 6 atom stereocenters. The Morgan fingerprint density at radius 1 is 0.951 bits per heavy atom. The number of aromatic nitrogens is 3. The summed E-state index contributed by atoms with van der Waals surface area (Å²) in [5.41, 5.74) is 3.52. The zero-order chi connectivity index (χ0) is 42.9. The molecule has 0 aliphatic carbocycles. The van der Waals surface area contributed by atoms with E-state index in [0.717, 1.165) is 16.8 Å². The number of hydrogen-bond donors (Lipinski definition) is 3. The minimum atomic E-state index is -3.52. The molecule has 2 amide bonds. The average Bonchev–Trinajstić information content (AvgIpc) is 3.92. The van der Waals surface area contributed by atoms with Gasteiger partial charge in [-0.3, -0.25) is 24.1 Å². The van der Waals surface area contributed by atoms with E-state index in [9.17, 15) is 15.0 Å². The summed E-state index contributed by atoms with van der Waals surface area (Å²) in [6, 6.07) is 29.9. The molecule has 14 heteroatoms. The first kappa shape index (κ1) is 42.4. The Kier molecular flexibility index (Phi) is 12.3. The van der Waals surface area contributed by atoms with Crippen molar-refractivity contribution in [1.29, 1.82) is 0 Å². The fraction of sp³-hybridized carbons (Fsp3) is 0.404. The number of nitrogens with zero attached hydrogens (tertiary/aromatic N) is 5. The second-order valence-corrected chi connectivity index (χ2v) is 20.6. The van der Waals surface area contributed by atoms with Crippen LogP contribution in [0.25, 0.3) is 0 Å². The fourth-order valence-electron chi connectivity index (χ4n) is 9.82. The van der Waals surface area contributed by atoms with Crippen molar-refractivity contribution in [2.45, 2.75) is 88.4 Å². The van der Waals surface area contributed by atoms with E-state index in [4.69, 9.17) is 9.47 Å². The molecule has 4 heterocycles. The largest absolute Gasteiger partial charge is 0.494 e. The lowest BCUT2D eigenvalue weighted by atomic mass is 9.82. The van der Waals surface area contributed by atoms with Crippen LogP contribution in [0.4, 0.5) is 26.9 Å². The third-order valence-corrected chi connectivity index (χ3v) is 15.0. The second kappa shape index (κ2) is 17.6. The zero-order valence-electron chi connectivity index (χ0n) is 35.2. The number of rotatable bonds is 16. The molecule has 0 saturated carbocycles. The van der Waals surface area contributed by atoms with Gasteiger partial charge in [0.1, 0.15) is 5.75 Å². The summed E-state index contributed by atoms with van der Waals surface area (Å²) in [7, 11) is -3.52. The molecule has 8 rings (SSSR count). The number of halogens is 1. The van der Waals surface area contributed by atoms with Crippen molar-refractivity contribution in [3.05, 3.63) is 126 Å². The van der Waals surface area contributed by atoms with Gasteiger partial charge in [-0.1, -0.05) is 60.7 Å². The normalized spacial score (nSPS) is 22.8. The van der Waals surface area contributed by atoms with Crippen LogP contribution in [0.3, 0.4) is 0 Å². The number of fused-ring (bicyclic) bond motifs is 3. The van der Waals surface area contributed by atoms with E-state index in [1.807, 2.05) is 117 Å². The van der Waals surface area contributed by atoms with Crippen molar-refractivity contribution in [2.75, 3.05) is 36.2 Å². The standard InChI is InChI=1S/C47H55FN6O6Si/c1-5-59-36-19-21-41-33(26-36)27-39(49-23-12-13-25-55)45(57)53(41)35-18-20-42-38(28-35)47(46(58)54(42)34-16-10-7-11-17-34)31(2)44(61(3,4)48)43(60-47)22-24-52-29-40(50-51-52)37(30-56)32-14-8-6-9-15-32/h6-11,14-21,26,28-29,31,37,39,43-44,49,55-56H,5,12-13,22-25,27,30H2,1-4H3/t31-,37?,39?,43+,44-,47+/m1/s1. The molecule has 320 valence electrons. The highest BCUT2D eigenvalue weighted by Crippen LogP contribution is 2.62. The molecule has 12 nitrogen and oxygen atoms in total. The van der Waals surface area contributed by atoms with Crippen LogP contribution in [0.1, 0.15) is 61.4 Å². The molecule has 2 unspecified atom stereocenters. The molecular weight excluding hydrogens is 792 g/mol. The van der Waals surface area contributed by atoms with E-state index in [0.29, 0.717) is 79.4 Å². The van der Waals surface area contributed by atoms with Gasteiger partial charge in [0.05, 0.1) is 48.3 Å². The molecule has 0 bridgehead atoms. The Hall–Kier alpha value is -5.25. The van der Waals surface area contributed by atoms with Crippen molar-refractivity contribution >= 4 is 43.0 Å². The molecule has 1 fully saturated rings. The summed E-state index contributed by atoms with van der Waals surface area (Å²) in [6.07, 6.45) is 3.33. The predicted molar refractivity (Wildman–Crippen MR) is 235 cm³/mol. The molecule has 61 heavy (non-hydrogen) atoms. The molecule has 5 aromatic rings. The van der Waals surface area contributed by atoms with Gasteiger partial charge in [0, 0.05) is 47.7 Å². The van der Waals surface area contributed by atoms with E-state index in [1.165, 1.54) is 0 Å². The number of aliphatic hydroxyl groups is 2. The van der Waals surface area contributed by atoms with E-state index >= 15 is 8.90 Å². The molecule has 3 N–H and O–H groups in total. The second-order valence-electron chi connectivity index (χ2n) is 16.8. The first-order valence-electron chi connectivity index (χ1n) is 21.4. The van der Waals surface area contributed by atoms with Gasteiger partial charge in [0.2, 0.25) is 14.3 Å². The molecule has 0 radical (unpaired) electrons. The van der Waals surface area contributed by atoms with E-state index in [-0.39, 0.29) is 30.9 Å². The lowest BCUT2D eigenvalue weighted by molar-refractivity contribution is -0.145. The minimum absolute atomic E-state index is 0.0774. The van der Waals surface area contributed by atoms with Crippen LogP contribution >= 0.6 is 0 Å². The van der Waals surface area contributed by atoms with Gasteiger partial charge in [0.15, 0.2) is 5.60 Å². The van der Waals surface area contributed by atoms with Crippen LogP contribution in [0, 0.1) is 5.92 Å². The van der Waals surface area contributed by atoms with Gasteiger partial charge in [-0.05, 0) is 112 Å². The number of para-hydroxylation sites is 1. The lowest BCUT2D eigenvalue weighted by Crippen LogP contribution is -2.49. The quantitative estimate of drug-likeness (QED) is 0.0530. The molecular formula is C47H55FN6O6Si. The number of carbonyl (C=O) groups is 2. The maximum absolute atomic E-state index is 16.9. The highest BCUT2D eigenvalue weighted by Gasteiger charge is 2.67. The Morgan fingerprint density at radius 3 is 2.39 bits per heavy atom. The Morgan fingerprint density at radius 2 is 1.69 bits per heavy atom. The summed E-state index contributed by atoms with van der Waals surface area (Å²) in [5.74, 6) is -0.645. The van der Waals surface area contributed by atoms with Gasteiger partial charge in [0.25, 0.3) is 5.91 Å². The van der Waals surface area contributed by atoms with Gasteiger partial charge in [-0.15, -0.1) is 5.10 Å². The third-order valence-electron chi connectivity index (χ3n) is 12.6. The number of ether oxygens (including phenoxy) is 2. The van der Waals surface area contributed by atoms with Crippen molar-refractivity contribution < 1.29 is 33.4 Å². The van der Waals surface area contributed by atoms with E-state index < -0.39 is 37.6 Å². The van der Waals surface area contributed by atoms with E-state index in [1.54, 1.807) is 27.6 Å². The average molecular weight is 847 g/mol. The molecule has 1 aromatic heterocycles. The lowest BCUT2D eigenvalue weighted by Gasteiger charge is -2.36. The SMILES string of the molecule is CCOc1ccc2c(c1)CC(NCCCCO)C(=O)N2c1ccc2c(c1)[C@]1(O[C@@H](CCn3cc(C(CO)c4ccccc4)nn3)[C@H]([Si](C)(C)F)[C@H]1C)C(=O)N2c1ccccc1. The van der Waals surface area contributed by atoms with Crippen LogP contribution in [0.15, 0.2) is 103 Å². The van der Waals surface area contributed by atoms with Gasteiger partial charge >= 0.3 is 0 Å². The molecule has 1 saturated heterocycles. The van der Waals surface area contributed by atoms with Crippen molar-refractivity contribution in [1.82, 2.24) is 20.3 Å². The number of nitrogens with one attached hydrogen (secondary N) is 1. The number of carbonyl (C=O) groups excluding carboxylic acids is 2. The Labute approximate surface area is 357 Å². The summed E-state index contributed by atoms with van der Waals surface area (Å²) in [4.78, 5) is 33.3. The van der Waals surface area contributed by atoms with Crippen LogP contribution in [-0.4, -0.2) is 83.9 Å². The Balaban J connectivity index is 1.18. The molecule has 3 aliphatic heterocycles. The molecule has 4 aromatic carbocycles. The topological polar surface area (TPSA) is 142 Å². The highest BCUT2D eigenvalue weighted by molar-refractivity contribution is 6.72. The predicted octanol–water partition coefficient (Wildman–Crippen LogP) is 7.30. The monoisotopic (exact) mass is 846 g/mol. The zero-order valence-corrected chi connectivity index (χ0v) is 36.2. The smallest absolute Gasteiger partial charge is 0.268 e. The maximum atomic E-state index is 16.9. The van der Waals surface area contributed by atoms with Gasteiger partial charge in [-0.25, -0.2) is 0 Å². The number of hydrogen-bond acceptors (Lipinski definition) is 9. The fourth-order valence-corrected chi connectivity index (χ4v) is 12.4. The van der Waals surface area contributed by atoms with Crippen LogP contribution in [0.5, 0.6) is 5.75 Å². The number of amides is 2. The molecule has 1 spiro atoms. The molecule has 3 aliphatic rings. The van der Waals surface area contributed by atoms with Crippen molar-refractivity contribution in [3.8, 4) is 5.75 Å². The maximum Gasteiger partial charge on any atom is 0.268 e. The van der Waals surface area contributed by atoms with Crippen LogP contribution in [0.2, 0.25) is 18.6 Å². The first-order chi connectivity index (χ1) is 29.5. The van der Waals surface area contributed by atoms with E-state index in [2.05, 4.69) is 15.6 Å². The number of aryl methyl sites for hydroxylation is 1. The van der Waals surface area contributed by atoms with Gasteiger partial charge < -0.3 is 29.1 Å². The Bertz CT molecular complexity index is 2340. The van der Waals surface area contributed by atoms with Crippen molar-refractivity contribution in [2.24, 2.45) is 5.92 Å². The van der Waals surface area contributed by atoms with Crippen LogP contribution < -0.4 is 19.9 Å². The van der Waals surface area contributed by atoms with Crippen LogP contribution in [-0.2, 0) is 32.9 Å². The number of benzene rings is 4. The number of anilines is 4. The highest BCUT2D eigenvalue weighted by atomic mass is 28.4. The number of aliphatic hydroxyl groups excluding tert-OH is 2. The summed E-state index contributed by atoms with van der Waals surface area (Å²) < 4.78 is 31.6.